The Bertz CT molecular complexity index is 570. The summed E-state index contributed by atoms with van der Waals surface area (Å²) in [4.78, 5) is 2.03. The molecular formula is C15H16BrFN2. The summed E-state index contributed by atoms with van der Waals surface area (Å²) in [7, 11) is 3.99. The van der Waals surface area contributed by atoms with Crippen molar-refractivity contribution < 1.29 is 4.39 Å². The predicted octanol–water partition coefficient (Wildman–Crippen LogP) is 4.27. The molecule has 0 saturated heterocycles. The van der Waals surface area contributed by atoms with Crippen LogP contribution in [-0.4, -0.2) is 14.1 Å². The van der Waals surface area contributed by atoms with Crippen LogP contribution in [0.3, 0.4) is 0 Å². The summed E-state index contributed by atoms with van der Waals surface area (Å²) >= 11 is 3.35. The van der Waals surface area contributed by atoms with Gasteiger partial charge in [0, 0.05) is 42.1 Å². The van der Waals surface area contributed by atoms with E-state index in [-0.39, 0.29) is 5.82 Å². The molecule has 2 aromatic carbocycles. The molecule has 0 fully saturated rings. The first-order valence-corrected chi connectivity index (χ1v) is 6.81. The van der Waals surface area contributed by atoms with Crippen molar-refractivity contribution in [2.24, 2.45) is 0 Å². The fourth-order valence-corrected chi connectivity index (χ4v) is 2.18. The molecule has 2 aromatic rings. The van der Waals surface area contributed by atoms with Gasteiger partial charge in [-0.3, -0.25) is 0 Å². The fraction of sp³-hybridized carbons (Fsp3) is 0.200. The van der Waals surface area contributed by atoms with E-state index in [1.54, 1.807) is 12.1 Å². The second-order valence-electron chi connectivity index (χ2n) is 4.53. The van der Waals surface area contributed by atoms with Crippen molar-refractivity contribution >= 4 is 27.3 Å². The van der Waals surface area contributed by atoms with Gasteiger partial charge in [-0.15, -0.1) is 0 Å². The van der Waals surface area contributed by atoms with E-state index < -0.39 is 0 Å². The SMILES string of the molecule is CN(C)c1cccc(NCc2cc(Br)ccc2F)c1. The maximum absolute atomic E-state index is 13.6. The molecular weight excluding hydrogens is 307 g/mol. The second-order valence-corrected chi connectivity index (χ2v) is 5.45. The van der Waals surface area contributed by atoms with E-state index in [0.29, 0.717) is 12.1 Å². The number of hydrogen-bond acceptors (Lipinski definition) is 2. The monoisotopic (exact) mass is 322 g/mol. The van der Waals surface area contributed by atoms with Gasteiger partial charge in [-0.25, -0.2) is 4.39 Å². The normalized spacial score (nSPS) is 10.3. The molecule has 2 rings (SSSR count). The molecule has 100 valence electrons. The molecule has 2 nitrogen and oxygen atoms in total. The minimum Gasteiger partial charge on any atom is -0.381 e. The summed E-state index contributed by atoms with van der Waals surface area (Å²) in [6.45, 7) is 0.460. The molecule has 0 unspecified atom stereocenters. The Kier molecular flexibility index (Phi) is 4.43. The van der Waals surface area contributed by atoms with Gasteiger partial charge in [0.15, 0.2) is 0 Å². The van der Waals surface area contributed by atoms with Crippen LogP contribution in [0.2, 0.25) is 0 Å². The van der Waals surface area contributed by atoms with E-state index >= 15 is 0 Å². The van der Waals surface area contributed by atoms with Crippen LogP contribution in [0.5, 0.6) is 0 Å². The first-order valence-electron chi connectivity index (χ1n) is 6.01. The standard InChI is InChI=1S/C15H16BrFN2/c1-19(2)14-5-3-4-13(9-14)18-10-11-8-12(16)6-7-15(11)17/h3-9,18H,10H2,1-2H3. The molecule has 0 aliphatic heterocycles. The Morgan fingerprint density at radius 2 is 1.95 bits per heavy atom. The van der Waals surface area contributed by atoms with Gasteiger partial charge in [0.05, 0.1) is 0 Å². The highest BCUT2D eigenvalue weighted by Gasteiger charge is 2.03. The largest absolute Gasteiger partial charge is 0.381 e. The van der Waals surface area contributed by atoms with E-state index in [9.17, 15) is 4.39 Å². The Morgan fingerprint density at radius 3 is 2.68 bits per heavy atom. The minimum absolute atomic E-state index is 0.195. The summed E-state index contributed by atoms with van der Waals surface area (Å²) in [5, 5.41) is 3.24. The van der Waals surface area contributed by atoms with Crippen molar-refractivity contribution in [1.29, 1.82) is 0 Å². The van der Waals surface area contributed by atoms with Gasteiger partial charge in [-0.1, -0.05) is 22.0 Å². The van der Waals surface area contributed by atoms with Gasteiger partial charge in [0.25, 0.3) is 0 Å². The number of benzene rings is 2. The first kappa shape index (κ1) is 13.9. The molecule has 0 spiro atoms. The summed E-state index contributed by atoms with van der Waals surface area (Å²) in [6.07, 6.45) is 0. The molecule has 0 atom stereocenters. The summed E-state index contributed by atoms with van der Waals surface area (Å²) in [6, 6.07) is 13.0. The van der Waals surface area contributed by atoms with Crippen LogP contribution in [0, 0.1) is 5.82 Å². The maximum atomic E-state index is 13.6. The van der Waals surface area contributed by atoms with E-state index in [1.807, 2.05) is 43.3 Å². The van der Waals surface area contributed by atoms with Crippen molar-refractivity contribution in [2.75, 3.05) is 24.3 Å². The lowest BCUT2D eigenvalue weighted by Gasteiger charge is -2.14. The van der Waals surface area contributed by atoms with Crippen molar-refractivity contribution in [3.05, 3.63) is 58.3 Å². The molecule has 0 amide bonds. The topological polar surface area (TPSA) is 15.3 Å². The van der Waals surface area contributed by atoms with Gasteiger partial charge in [-0.05, 0) is 36.4 Å². The number of anilines is 2. The van der Waals surface area contributed by atoms with Crippen LogP contribution in [0.15, 0.2) is 46.9 Å². The van der Waals surface area contributed by atoms with Crippen molar-refractivity contribution in [3.8, 4) is 0 Å². The molecule has 1 N–H and O–H groups in total. The highest BCUT2D eigenvalue weighted by atomic mass is 79.9. The van der Waals surface area contributed by atoms with Gasteiger partial charge in [0.1, 0.15) is 5.82 Å². The zero-order valence-corrected chi connectivity index (χ0v) is 12.5. The molecule has 0 radical (unpaired) electrons. The Labute approximate surface area is 121 Å². The van der Waals surface area contributed by atoms with Crippen LogP contribution in [0.25, 0.3) is 0 Å². The van der Waals surface area contributed by atoms with Crippen LogP contribution >= 0.6 is 15.9 Å². The minimum atomic E-state index is -0.195. The van der Waals surface area contributed by atoms with Crippen molar-refractivity contribution in [3.63, 3.8) is 0 Å². The zero-order chi connectivity index (χ0) is 13.8. The van der Waals surface area contributed by atoms with Crippen LogP contribution in [-0.2, 0) is 6.54 Å². The maximum Gasteiger partial charge on any atom is 0.128 e. The predicted molar refractivity (Wildman–Crippen MR) is 82.2 cm³/mol. The second kappa shape index (κ2) is 6.06. The lowest BCUT2D eigenvalue weighted by molar-refractivity contribution is 0.612. The molecule has 0 aromatic heterocycles. The van der Waals surface area contributed by atoms with E-state index in [0.717, 1.165) is 15.8 Å². The number of nitrogens with one attached hydrogen (secondary N) is 1. The smallest absolute Gasteiger partial charge is 0.128 e. The molecule has 19 heavy (non-hydrogen) atoms. The summed E-state index contributed by atoms with van der Waals surface area (Å²) < 4.78 is 14.5. The third kappa shape index (κ3) is 3.70. The van der Waals surface area contributed by atoms with Crippen molar-refractivity contribution in [2.45, 2.75) is 6.54 Å². The quantitative estimate of drug-likeness (QED) is 0.904. The first-order chi connectivity index (χ1) is 9.06. The van der Waals surface area contributed by atoms with Gasteiger partial charge >= 0.3 is 0 Å². The highest BCUT2D eigenvalue weighted by molar-refractivity contribution is 9.10. The van der Waals surface area contributed by atoms with Crippen molar-refractivity contribution in [1.82, 2.24) is 0 Å². The third-order valence-corrected chi connectivity index (χ3v) is 3.35. The molecule has 0 saturated carbocycles. The summed E-state index contributed by atoms with van der Waals surface area (Å²) in [5.74, 6) is -0.195. The zero-order valence-electron chi connectivity index (χ0n) is 11.0. The van der Waals surface area contributed by atoms with Crippen LogP contribution < -0.4 is 10.2 Å². The number of rotatable bonds is 4. The van der Waals surface area contributed by atoms with Gasteiger partial charge in [0.2, 0.25) is 0 Å². The van der Waals surface area contributed by atoms with Gasteiger partial charge in [-0.2, -0.15) is 0 Å². The average molecular weight is 323 g/mol. The van der Waals surface area contributed by atoms with E-state index in [1.165, 1.54) is 6.07 Å². The molecule has 0 aliphatic rings. The number of halogens is 2. The average Bonchev–Trinajstić information content (AvgIpc) is 2.40. The van der Waals surface area contributed by atoms with E-state index in [2.05, 4.69) is 21.2 Å². The van der Waals surface area contributed by atoms with E-state index in [4.69, 9.17) is 0 Å². The Balaban J connectivity index is 2.10. The lowest BCUT2D eigenvalue weighted by atomic mass is 10.2. The van der Waals surface area contributed by atoms with Crippen LogP contribution in [0.4, 0.5) is 15.8 Å². The molecule has 4 heteroatoms. The van der Waals surface area contributed by atoms with Gasteiger partial charge < -0.3 is 10.2 Å². The Hall–Kier alpha value is -1.55. The van der Waals surface area contributed by atoms with Crippen LogP contribution in [0.1, 0.15) is 5.56 Å². The fourth-order valence-electron chi connectivity index (χ4n) is 1.77. The number of nitrogens with zero attached hydrogens (tertiary/aromatic N) is 1. The lowest BCUT2D eigenvalue weighted by Crippen LogP contribution is -2.09. The molecule has 0 aliphatic carbocycles. The molecule has 0 bridgehead atoms. The number of hydrogen-bond donors (Lipinski definition) is 1. The highest BCUT2D eigenvalue weighted by Crippen LogP contribution is 2.20. The Morgan fingerprint density at radius 1 is 1.16 bits per heavy atom. The third-order valence-electron chi connectivity index (χ3n) is 2.85. The summed E-state index contributed by atoms with van der Waals surface area (Å²) in [5.41, 5.74) is 2.73. The molecule has 0 heterocycles.